The van der Waals surface area contributed by atoms with Gasteiger partial charge in [-0.2, -0.15) is 0 Å². The molecule has 0 heterocycles. The zero-order chi connectivity index (χ0) is 7.12. The molecule has 0 radical (unpaired) electrons. The highest BCUT2D eigenvalue weighted by atomic mass is 19.4. The monoisotopic (exact) mass is 140 g/mol. The van der Waals surface area contributed by atoms with E-state index in [9.17, 15) is 13.2 Å². The Morgan fingerprint density at radius 3 is 1.89 bits per heavy atom. The second-order valence-electron chi connectivity index (χ2n) is 2.50. The van der Waals surface area contributed by atoms with Gasteiger partial charge in [-0.05, 0) is 19.8 Å². The molecule has 1 saturated carbocycles. The quantitative estimate of drug-likeness (QED) is 0.541. The van der Waals surface area contributed by atoms with Crippen molar-refractivity contribution in [2.24, 2.45) is 0 Å². The fourth-order valence-corrected chi connectivity index (χ4v) is 0.557. The summed E-state index contributed by atoms with van der Waals surface area (Å²) in [6.07, 6.45) is -3.41. The largest absolute Gasteiger partial charge is 0.523 e. The van der Waals surface area contributed by atoms with Crippen LogP contribution in [0.2, 0.25) is 0 Å². The van der Waals surface area contributed by atoms with Crippen LogP contribution in [0.4, 0.5) is 13.2 Å². The molecule has 0 amide bonds. The summed E-state index contributed by atoms with van der Waals surface area (Å²) in [6, 6.07) is 0. The number of hydrogen-bond acceptors (Lipinski definition) is 1. The third-order valence-corrected chi connectivity index (χ3v) is 1.32. The predicted molar refractivity (Wildman–Crippen MR) is 24.8 cm³/mol. The van der Waals surface area contributed by atoms with Gasteiger partial charge >= 0.3 is 6.36 Å². The maximum atomic E-state index is 11.4. The van der Waals surface area contributed by atoms with Gasteiger partial charge in [-0.15, -0.1) is 13.2 Å². The summed E-state index contributed by atoms with van der Waals surface area (Å²) in [5, 5.41) is 0. The minimum atomic E-state index is -4.45. The molecule has 54 valence electrons. The standard InChI is InChI=1S/C5H7F3O/c1-4(2-3-4)9-5(6,7)8/h2-3H2,1H3. The first-order valence-electron chi connectivity index (χ1n) is 2.68. The molecule has 1 rings (SSSR count). The second kappa shape index (κ2) is 1.62. The van der Waals surface area contributed by atoms with E-state index in [0.717, 1.165) is 0 Å². The molecule has 1 aliphatic carbocycles. The van der Waals surface area contributed by atoms with Crippen molar-refractivity contribution in [3.8, 4) is 0 Å². The molecular formula is C5H7F3O. The molecule has 0 aromatic rings. The molecule has 4 heteroatoms. The number of rotatable bonds is 1. The lowest BCUT2D eigenvalue weighted by molar-refractivity contribution is -0.346. The number of alkyl halides is 3. The lowest BCUT2D eigenvalue weighted by Gasteiger charge is -2.12. The van der Waals surface area contributed by atoms with E-state index in [0.29, 0.717) is 12.8 Å². The third-order valence-electron chi connectivity index (χ3n) is 1.32. The van der Waals surface area contributed by atoms with Crippen molar-refractivity contribution in [1.82, 2.24) is 0 Å². The molecule has 0 saturated heterocycles. The summed E-state index contributed by atoms with van der Waals surface area (Å²) >= 11 is 0. The molecule has 1 fully saturated rings. The van der Waals surface area contributed by atoms with Crippen LogP contribution in [0.15, 0.2) is 0 Å². The summed E-state index contributed by atoms with van der Waals surface area (Å²) in [4.78, 5) is 0. The Labute approximate surface area is 50.8 Å². The fraction of sp³-hybridized carbons (Fsp3) is 1.00. The van der Waals surface area contributed by atoms with E-state index in [1.165, 1.54) is 6.92 Å². The van der Waals surface area contributed by atoms with Crippen LogP contribution in [0.25, 0.3) is 0 Å². The lowest BCUT2D eigenvalue weighted by atomic mass is 10.4. The van der Waals surface area contributed by atoms with Crippen LogP contribution >= 0.6 is 0 Å². The van der Waals surface area contributed by atoms with E-state index < -0.39 is 12.0 Å². The number of ether oxygens (including phenoxy) is 1. The van der Waals surface area contributed by atoms with Gasteiger partial charge in [-0.25, -0.2) is 0 Å². The summed E-state index contributed by atoms with van der Waals surface area (Å²) < 4.78 is 37.8. The summed E-state index contributed by atoms with van der Waals surface area (Å²) in [5.41, 5.74) is -0.891. The van der Waals surface area contributed by atoms with Gasteiger partial charge in [-0.3, -0.25) is 4.74 Å². The predicted octanol–water partition coefficient (Wildman–Crippen LogP) is 2.08. The molecule has 1 nitrogen and oxygen atoms in total. The zero-order valence-corrected chi connectivity index (χ0v) is 4.96. The average molecular weight is 140 g/mol. The van der Waals surface area contributed by atoms with E-state index >= 15 is 0 Å². The van der Waals surface area contributed by atoms with Gasteiger partial charge in [0, 0.05) is 0 Å². The first-order chi connectivity index (χ1) is 3.91. The lowest BCUT2D eigenvalue weighted by Crippen LogP contribution is -2.22. The Bertz CT molecular complexity index is 111. The van der Waals surface area contributed by atoms with E-state index in [-0.39, 0.29) is 0 Å². The molecule has 0 N–H and O–H groups in total. The third kappa shape index (κ3) is 2.22. The van der Waals surface area contributed by atoms with Crippen LogP contribution in [-0.4, -0.2) is 12.0 Å². The van der Waals surface area contributed by atoms with Crippen LogP contribution in [-0.2, 0) is 4.74 Å². The van der Waals surface area contributed by atoms with Crippen LogP contribution in [0.3, 0.4) is 0 Å². The maximum absolute atomic E-state index is 11.4. The van der Waals surface area contributed by atoms with Crippen molar-refractivity contribution >= 4 is 0 Å². The van der Waals surface area contributed by atoms with Gasteiger partial charge in [-0.1, -0.05) is 0 Å². The van der Waals surface area contributed by atoms with Gasteiger partial charge in [0.1, 0.15) is 0 Å². The molecule has 1 aliphatic rings. The van der Waals surface area contributed by atoms with Crippen molar-refractivity contribution in [3.63, 3.8) is 0 Å². The maximum Gasteiger partial charge on any atom is 0.523 e. The molecule has 0 aromatic heterocycles. The smallest absolute Gasteiger partial charge is 0.286 e. The van der Waals surface area contributed by atoms with E-state index in [4.69, 9.17) is 0 Å². The SMILES string of the molecule is CC1(OC(F)(F)F)CC1. The normalized spacial score (nSPS) is 24.0. The highest BCUT2D eigenvalue weighted by Gasteiger charge is 2.48. The Morgan fingerprint density at radius 2 is 1.78 bits per heavy atom. The topological polar surface area (TPSA) is 9.23 Å². The van der Waals surface area contributed by atoms with E-state index in [1.807, 2.05) is 0 Å². The molecule has 9 heavy (non-hydrogen) atoms. The van der Waals surface area contributed by atoms with Crippen LogP contribution < -0.4 is 0 Å². The number of halogens is 3. The van der Waals surface area contributed by atoms with Crippen molar-refractivity contribution in [2.45, 2.75) is 31.7 Å². The van der Waals surface area contributed by atoms with E-state index in [1.54, 1.807) is 0 Å². The first kappa shape index (κ1) is 6.86. The second-order valence-corrected chi connectivity index (χ2v) is 2.50. The molecule has 0 atom stereocenters. The van der Waals surface area contributed by atoms with Crippen molar-refractivity contribution in [1.29, 1.82) is 0 Å². The molecule has 0 aliphatic heterocycles. The zero-order valence-electron chi connectivity index (χ0n) is 4.96. The average Bonchev–Trinajstić information content (AvgIpc) is 2.12. The van der Waals surface area contributed by atoms with Crippen molar-refractivity contribution < 1.29 is 17.9 Å². The van der Waals surface area contributed by atoms with Gasteiger partial charge in [0.05, 0.1) is 5.60 Å². The fourth-order valence-electron chi connectivity index (χ4n) is 0.557. The van der Waals surface area contributed by atoms with Crippen molar-refractivity contribution in [2.75, 3.05) is 0 Å². The summed E-state index contributed by atoms with van der Waals surface area (Å²) in [7, 11) is 0. The Kier molecular flexibility index (Phi) is 1.24. The Morgan fingerprint density at radius 1 is 1.33 bits per heavy atom. The molecule has 0 aromatic carbocycles. The Hall–Kier alpha value is -0.250. The van der Waals surface area contributed by atoms with E-state index in [2.05, 4.69) is 4.74 Å². The Balaban J connectivity index is 2.33. The minimum Gasteiger partial charge on any atom is -0.286 e. The van der Waals surface area contributed by atoms with Gasteiger partial charge in [0.2, 0.25) is 0 Å². The molecule has 0 bridgehead atoms. The molecule has 0 unspecified atom stereocenters. The van der Waals surface area contributed by atoms with Crippen LogP contribution in [0.1, 0.15) is 19.8 Å². The summed E-state index contributed by atoms with van der Waals surface area (Å²) in [6.45, 7) is 1.46. The van der Waals surface area contributed by atoms with Crippen LogP contribution in [0.5, 0.6) is 0 Å². The van der Waals surface area contributed by atoms with Gasteiger partial charge < -0.3 is 0 Å². The van der Waals surface area contributed by atoms with Gasteiger partial charge in [0.15, 0.2) is 0 Å². The minimum absolute atomic E-state index is 0.520. The van der Waals surface area contributed by atoms with Crippen LogP contribution in [0, 0.1) is 0 Å². The highest BCUT2D eigenvalue weighted by Crippen LogP contribution is 2.43. The summed E-state index contributed by atoms with van der Waals surface area (Å²) in [5.74, 6) is 0. The first-order valence-corrected chi connectivity index (χ1v) is 2.68. The molecule has 0 spiro atoms. The van der Waals surface area contributed by atoms with Gasteiger partial charge in [0.25, 0.3) is 0 Å². The highest BCUT2D eigenvalue weighted by molar-refractivity contribution is 4.90. The number of hydrogen-bond donors (Lipinski definition) is 0. The van der Waals surface area contributed by atoms with Crippen molar-refractivity contribution in [3.05, 3.63) is 0 Å². The molecular weight excluding hydrogens is 133 g/mol.